The Hall–Kier alpha value is -1.88. The summed E-state index contributed by atoms with van der Waals surface area (Å²) in [7, 11) is 0. The van der Waals surface area contributed by atoms with E-state index in [9.17, 15) is 0 Å². The van der Waals surface area contributed by atoms with Crippen LogP contribution in [0.2, 0.25) is 0 Å². The lowest BCUT2D eigenvalue weighted by atomic mass is 10.2. The molecule has 0 fully saturated rings. The maximum atomic E-state index is 5.62. The highest BCUT2D eigenvalue weighted by atomic mass is 16.5. The van der Waals surface area contributed by atoms with Crippen LogP contribution in [0.1, 0.15) is 11.8 Å². The van der Waals surface area contributed by atoms with Crippen LogP contribution in [0.3, 0.4) is 0 Å². The van der Waals surface area contributed by atoms with Gasteiger partial charge in [0.15, 0.2) is 12.4 Å². The molecule has 2 N–H and O–H groups in total. The smallest absolute Gasteiger partial charge is 0.158 e. The van der Waals surface area contributed by atoms with Crippen molar-refractivity contribution in [3.8, 4) is 5.75 Å². The SMILES string of the molecule is NCC(Oc1ccccc1)c1conn1. The Morgan fingerprint density at radius 3 is 2.73 bits per heavy atom. The minimum atomic E-state index is -0.321. The number of hydrogen-bond acceptors (Lipinski definition) is 5. The molecular weight excluding hydrogens is 194 g/mol. The van der Waals surface area contributed by atoms with Gasteiger partial charge in [0.25, 0.3) is 0 Å². The van der Waals surface area contributed by atoms with Gasteiger partial charge >= 0.3 is 0 Å². The van der Waals surface area contributed by atoms with Crippen molar-refractivity contribution < 1.29 is 9.26 Å². The van der Waals surface area contributed by atoms with Crippen LogP contribution in [-0.2, 0) is 0 Å². The summed E-state index contributed by atoms with van der Waals surface area (Å²) in [5, 5.41) is 7.13. The number of nitrogens with two attached hydrogens (primary N) is 1. The second-order valence-corrected chi connectivity index (χ2v) is 2.99. The maximum absolute atomic E-state index is 5.62. The minimum absolute atomic E-state index is 0.321. The van der Waals surface area contributed by atoms with E-state index < -0.39 is 0 Å². The molecule has 1 aromatic heterocycles. The minimum Gasteiger partial charge on any atom is -0.483 e. The third kappa shape index (κ3) is 2.32. The van der Waals surface area contributed by atoms with Crippen LogP contribution < -0.4 is 10.5 Å². The zero-order chi connectivity index (χ0) is 10.5. The molecule has 0 amide bonds. The summed E-state index contributed by atoms with van der Waals surface area (Å²) in [6.07, 6.45) is 1.11. The molecule has 5 nitrogen and oxygen atoms in total. The van der Waals surface area contributed by atoms with Gasteiger partial charge in [-0.05, 0) is 12.1 Å². The molecule has 15 heavy (non-hydrogen) atoms. The molecule has 0 radical (unpaired) electrons. The molecule has 1 atom stereocenters. The summed E-state index contributed by atoms with van der Waals surface area (Å²) in [5.74, 6) is 0.746. The largest absolute Gasteiger partial charge is 0.483 e. The normalized spacial score (nSPS) is 12.3. The van der Waals surface area contributed by atoms with Crippen molar-refractivity contribution in [1.29, 1.82) is 0 Å². The molecule has 1 aromatic carbocycles. The van der Waals surface area contributed by atoms with E-state index >= 15 is 0 Å². The summed E-state index contributed by atoms with van der Waals surface area (Å²) in [6.45, 7) is 0.323. The zero-order valence-corrected chi connectivity index (χ0v) is 8.04. The molecule has 5 heteroatoms. The van der Waals surface area contributed by atoms with Gasteiger partial charge in [-0.1, -0.05) is 18.2 Å². The van der Waals surface area contributed by atoms with Crippen LogP contribution in [0, 0.1) is 0 Å². The summed E-state index contributed by atoms with van der Waals surface area (Å²) in [5.41, 5.74) is 6.18. The third-order valence-electron chi connectivity index (χ3n) is 1.94. The molecule has 78 valence electrons. The van der Waals surface area contributed by atoms with Crippen molar-refractivity contribution in [3.63, 3.8) is 0 Å². The van der Waals surface area contributed by atoms with Gasteiger partial charge in [0, 0.05) is 11.8 Å². The highest BCUT2D eigenvalue weighted by Crippen LogP contribution is 2.18. The maximum Gasteiger partial charge on any atom is 0.158 e. The van der Waals surface area contributed by atoms with E-state index in [1.54, 1.807) is 0 Å². The molecule has 1 unspecified atom stereocenters. The monoisotopic (exact) mass is 205 g/mol. The zero-order valence-electron chi connectivity index (χ0n) is 8.04. The van der Waals surface area contributed by atoms with Gasteiger partial charge in [-0.3, -0.25) is 0 Å². The summed E-state index contributed by atoms with van der Waals surface area (Å²) in [6, 6.07) is 9.42. The second-order valence-electron chi connectivity index (χ2n) is 2.99. The van der Waals surface area contributed by atoms with Crippen LogP contribution in [-0.4, -0.2) is 16.9 Å². The van der Waals surface area contributed by atoms with Crippen molar-refractivity contribution in [2.75, 3.05) is 6.54 Å². The fraction of sp³-hybridized carbons (Fsp3) is 0.200. The number of nitrogens with zero attached hydrogens (tertiary/aromatic N) is 2. The second kappa shape index (κ2) is 4.56. The summed E-state index contributed by atoms with van der Waals surface area (Å²) < 4.78 is 10.3. The average Bonchev–Trinajstić information content (AvgIpc) is 2.81. The summed E-state index contributed by atoms with van der Waals surface area (Å²) in [4.78, 5) is 0. The lowest BCUT2D eigenvalue weighted by molar-refractivity contribution is 0.209. The van der Waals surface area contributed by atoms with E-state index in [-0.39, 0.29) is 6.10 Å². The van der Waals surface area contributed by atoms with Crippen molar-refractivity contribution >= 4 is 0 Å². The Labute approximate surface area is 86.8 Å². The Bertz CT molecular complexity index is 388. The van der Waals surface area contributed by atoms with Crippen molar-refractivity contribution in [2.24, 2.45) is 5.73 Å². The molecule has 0 aliphatic rings. The molecule has 2 rings (SSSR count). The lowest BCUT2D eigenvalue weighted by Crippen LogP contribution is -2.18. The first-order valence-electron chi connectivity index (χ1n) is 4.59. The van der Waals surface area contributed by atoms with Gasteiger partial charge < -0.3 is 15.0 Å². The van der Waals surface area contributed by atoms with E-state index in [0.29, 0.717) is 12.2 Å². The van der Waals surface area contributed by atoms with Gasteiger partial charge in [0.05, 0.1) is 0 Å². The van der Waals surface area contributed by atoms with Crippen molar-refractivity contribution in [2.45, 2.75) is 6.10 Å². The van der Waals surface area contributed by atoms with Gasteiger partial charge in [-0.2, -0.15) is 0 Å². The molecular formula is C10H11N3O2. The van der Waals surface area contributed by atoms with E-state index in [4.69, 9.17) is 10.5 Å². The molecule has 1 heterocycles. The third-order valence-corrected chi connectivity index (χ3v) is 1.94. The first kappa shape index (κ1) is 9.67. The van der Waals surface area contributed by atoms with Crippen LogP contribution in [0.5, 0.6) is 5.75 Å². The van der Waals surface area contributed by atoms with Crippen LogP contribution in [0.15, 0.2) is 41.1 Å². The van der Waals surface area contributed by atoms with Gasteiger partial charge in [-0.15, -0.1) is 5.10 Å². The number of ether oxygens (including phenoxy) is 1. The van der Waals surface area contributed by atoms with Crippen LogP contribution in [0.4, 0.5) is 0 Å². The number of para-hydroxylation sites is 1. The number of benzene rings is 1. The summed E-state index contributed by atoms with van der Waals surface area (Å²) >= 11 is 0. The predicted molar refractivity (Wildman–Crippen MR) is 53.2 cm³/mol. The van der Waals surface area contributed by atoms with E-state index in [0.717, 1.165) is 5.75 Å². The van der Waals surface area contributed by atoms with E-state index in [1.165, 1.54) is 6.26 Å². The van der Waals surface area contributed by atoms with Crippen molar-refractivity contribution in [3.05, 3.63) is 42.3 Å². The molecule has 0 saturated heterocycles. The molecule has 0 spiro atoms. The average molecular weight is 205 g/mol. The van der Waals surface area contributed by atoms with Gasteiger partial charge in [0.2, 0.25) is 0 Å². The number of rotatable bonds is 4. The fourth-order valence-corrected chi connectivity index (χ4v) is 1.20. The van der Waals surface area contributed by atoms with Crippen molar-refractivity contribution in [1.82, 2.24) is 10.4 Å². The highest BCUT2D eigenvalue weighted by molar-refractivity contribution is 5.22. The van der Waals surface area contributed by atoms with E-state index in [2.05, 4.69) is 14.9 Å². The molecule has 0 aliphatic heterocycles. The first-order chi connectivity index (χ1) is 7.40. The quantitative estimate of drug-likeness (QED) is 0.810. The lowest BCUT2D eigenvalue weighted by Gasteiger charge is -2.13. The Balaban J connectivity index is 2.10. The Morgan fingerprint density at radius 2 is 2.13 bits per heavy atom. The fourth-order valence-electron chi connectivity index (χ4n) is 1.20. The molecule has 0 saturated carbocycles. The molecule has 2 aromatic rings. The van der Waals surface area contributed by atoms with Crippen LogP contribution in [0.25, 0.3) is 0 Å². The predicted octanol–water partition coefficient (Wildman–Crippen LogP) is 1.15. The first-order valence-corrected chi connectivity index (χ1v) is 4.59. The highest BCUT2D eigenvalue weighted by Gasteiger charge is 2.14. The topological polar surface area (TPSA) is 74.2 Å². The number of aromatic nitrogens is 2. The number of hydrogen-bond donors (Lipinski definition) is 1. The Morgan fingerprint density at radius 1 is 1.33 bits per heavy atom. The molecule has 0 bridgehead atoms. The molecule has 0 aliphatic carbocycles. The standard InChI is InChI=1S/C10H11N3O2/c11-6-10(9-7-14-13-12-9)15-8-4-2-1-3-5-8/h1-5,7,10H,6,11H2. The Kier molecular flexibility index (Phi) is 2.94. The van der Waals surface area contributed by atoms with Gasteiger partial charge in [0.1, 0.15) is 11.4 Å². The van der Waals surface area contributed by atoms with Gasteiger partial charge in [-0.25, -0.2) is 0 Å². The van der Waals surface area contributed by atoms with Crippen LogP contribution >= 0.6 is 0 Å². The van der Waals surface area contributed by atoms with E-state index in [1.807, 2.05) is 30.3 Å².